The van der Waals surface area contributed by atoms with Crippen LogP contribution in [0.4, 0.5) is 0 Å². The van der Waals surface area contributed by atoms with Gasteiger partial charge in [0, 0.05) is 12.4 Å². The molecule has 6 heteroatoms. The highest BCUT2D eigenvalue weighted by Crippen LogP contribution is 2.16. The van der Waals surface area contributed by atoms with E-state index >= 15 is 0 Å². The number of thiazole rings is 1. The van der Waals surface area contributed by atoms with Gasteiger partial charge in [0.05, 0.1) is 19.2 Å². The van der Waals surface area contributed by atoms with Gasteiger partial charge in [-0.25, -0.2) is 10.0 Å². The fourth-order valence-electron chi connectivity index (χ4n) is 1.64. The molecule has 0 saturated carbocycles. The molecule has 0 radical (unpaired) electrons. The Morgan fingerprint density at radius 1 is 1.33 bits per heavy atom. The molecule has 1 aromatic carbocycles. The zero-order valence-electron chi connectivity index (χ0n) is 12.3. The maximum absolute atomic E-state index is 11.7. The highest BCUT2D eigenvalue weighted by Gasteiger charge is 2.12. The summed E-state index contributed by atoms with van der Waals surface area (Å²) < 4.78 is 5.66. The average Bonchev–Trinajstić information content (AvgIpc) is 2.93. The molecule has 0 aliphatic rings. The largest absolute Gasteiger partial charge is 0.486 e. The standard InChI is InChI=1S/C15H18N2O3S/c1-11-4-6-13(7-5-11)20-9-14-16-12(10-21-14)8-15(18)17(2)19-3/h4-7,10H,8-9H2,1-3H3. The van der Waals surface area contributed by atoms with Crippen LogP contribution in [0.15, 0.2) is 29.6 Å². The number of likely N-dealkylation sites (N-methyl/N-ethyl adjacent to an activating group) is 1. The molecular formula is C15H18N2O3S. The minimum Gasteiger partial charge on any atom is -0.486 e. The fourth-order valence-corrected chi connectivity index (χ4v) is 2.35. The van der Waals surface area contributed by atoms with Crippen LogP contribution in [0.5, 0.6) is 5.75 Å². The van der Waals surface area contributed by atoms with E-state index in [2.05, 4.69) is 4.98 Å². The molecule has 0 saturated heterocycles. The lowest BCUT2D eigenvalue weighted by Gasteiger charge is -2.12. The zero-order chi connectivity index (χ0) is 15.2. The highest BCUT2D eigenvalue weighted by atomic mass is 32.1. The monoisotopic (exact) mass is 306 g/mol. The number of aryl methyl sites for hydroxylation is 1. The fraction of sp³-hybridized carbons (Fsp3) is 0.333. The molecule has 2 rings (SSSR count). The van der Waals surface area contributed by atoms with Gasteiger partial charge in [-0.3, -0.25) is 9.63 Å². The Bertz CT molecular complexity index is 595. The molecule has 1 heterocycles. The Labute approximate surface area is 128 Å². The first-order chi connectivity index (χ1) is 10.1. The summed E-state index contributed by atoms with van der Waals surface area (Å²) in [7, 11) is 3.04. The number of hydroxylamine groups is 2. The molecule has 0 unspecified atom stereocenters. The van der Waals surface area contributed by atoms with Gasteiger partial charge < -0.3 is 4.74 Å². The Morgan fingerprint density at radius 2 is 2.05 bits per heavy atom. The molecule has 1 amide bonds. The van der Waals surface area contributed by atoms with Crippen LogP contribution in [0.1, 0.15) is 16.3 Å². The quantitative estimate of drug-likeness (QED) is 0.770. The van der Waals surface area contributed by atoms with Gasteiger partial charge >= 0.3 is 0 Å². The molecule has 112 valence electrons. The lowest BCUT2D eigenvalue weighted by Crippen LogP contribution is -2.27. The van der Waals surface area contributed by atoms with Crippen LogP contribution in [-0.4, -0.2) is 30.1 Å². The van der Waals surface area contributed by atoms with Crippen molar-refractivity contribution in [3.63, 3.8) is 0 Å². The first kappa shape index (κ1) is 15.5. The predicted molar refractivity (Wildman–Crippen MR) is 81.1 cm³/mol. The number of ether oxygens (including phenoxy) is 1. The Kier molecular flexibility index (Phi) is 5.30. The summed E-state index contributed by atoms with van der Waals surface area (Å²) in [5.41, 5.74) is 1.93. The summed E-state index contributed by atoms with van der Waals surface area (Å²) in [6.45, 7) is 2.44. The summed E-state index contributed by atoms with van der Waals surface area (Å²) >= 11 is 1.49. The van der Waals surface area contributed by atoms with Crippen molar-refractivity contribution >= 4 is 17.2 Å². The van der Waals surface area contributed by atoms with Gasteiger partial charge in [0.1, 0.15) is 17.4 Å². The summed E-state index contributed by atoms with van der Waals surface area (Å²) in [5, 5.41) is 3.91. The number of hydrogen-bond acceptors (Lipinski definition) is 5. The van der Waals surface area contributed by atoms with E-state index < -0.39 is 0 Å². The lowest BCUT2D eigenvalue weighted by atomic mass is 10.2. The Balaban J connectivity index is 1.88. The topological polar surface area (TPSA) is 51.7 Å². The van der Waals surface area contributed by atoms with Crippen LogP contribution < -0.4 is 4.74 Å². The van der Waals surface area contributed by atoms with Crippen LogP contribution in [-0.2, 0) is 22.7 Å². The number of hydrogen-bond donors (Lipinski definition) is 0. The molecule has 0 bridgehead atoms. The molecule has 0 aliphatic carbocycles. The number of aromatic nitrogens is 1. The van der Waals surface area contributed by atoms with Gasteiger partial charge in [0.25, 0.3) is 5.91 Å². The molecule has 21 heavy (non-hydrogen) atoms. The number of amides is 1. The number of benzene rings is 1. The summed E-state index contributed by atoms with van der Waals surface area (Å²) in [5.74, 6) is 0.682. The SMILES string of the molecule is CON(C)C(=O)Cc1csc(COc2ccc(C)cc2)n1. The van der Waals surface area contributed by atoms with E-state index in [-0.39, 0.29) is 12.3 Å². The van der Waals surface area contributed by atoms with Crippen LogP contribution in [0.25, 0.3) is 0 Å². The normalized spacial score (nSPS) is 10.4. The second-order valence-electron chi connectivity index (χ2n) is 4.58. The van der Waals surface area contributed by atoms with Crippen molar-refractivity contribution in [3.05, 3.63) is 45.9 Å². The minimum absolute atomic E-state index is 0.131. The maximum atomic E-state index is 11.7. The molecule has 0 N–H and O–H groups in total. The van der Waals surface area contributed by atoms with E-state index in [0.29, 0.717) is 6.61 Å². The van der Waals surface area contributed by atoms with Crippen molar-refractivity contribution in [1.82, 2.24) is 10.0 Å². The number of nitrogens with zero attached hydrogens (tertiary/aromatic N) is 2. The van der Waals surface area contributed by atoms with Gasteiger partial charge in [-0.05, 0) is 19.1 Å². The van der Waals surface area contributed by atoms with E-state index in [1.54, 1.807) is 7.05 Å². The van der Waals surface area contributed by atoms with Crippen molar-refractivity contribution in [2.24, 2.45) is 0 Å². The third kappa shape index (κ3) is 4.54. The van der Waals surface area contributed by atoms with Crippen molar-refractivity contribution in [3.8, 4) is 5.75 Å². The maximum Gasteiger partial charge on any atom is 0.251 e. The van der Waals surface area contributed by atoms with Crippen molar-refractivity contribution < 1.29 is 14.4 Å². The smallest absolute Gasteiger partial charge is 0.251 e. The molecule has 2 aromatic rings. The van der Waals surface area contributed by atoms with E-state index in [4.69, 9.17) is 9.57 Å². The molecule has 1 aromatic heterocycles. The second kappa shape index (κ2) is 7.19. The van der Waals surface area contributed by atoms with Gasteiger partial charge in [0.2, 0.25) is 0 Å². The summed E-state index contributed by atoms with van der Waals surface area (Å²) in [6.07, 6.45) is 0.228. The molecule has 5 nitrogen and oxygen atoms in total. The van der Waals surface area contributed by atoms with E-state index in [9.17, 15) is 4.79 Å². The van der Waals surface area contributed by atoms with Gasteiger partial charge in [0.15, 0.2) is 0 Å². The van der Waals surface area contributed by atoms with E-state index in [0.717, 1.165) is 16.5 Å². The first-order valence-corrected chi connectivity index (χ1v) is 7.40. The summed E-state index contributed by atoms with van der Waals surface area (Å²) in [6, 6.07) is 7.87. The van der Waals surface area contributed by atoms with Crippen molar-refractivity contribution in [1.29, 1.82) is 0 Å². The van der Waals surface area contributed by atoms with Crippen LogP contribution in [0.3, 0.4) is 0 Å². The predicted octanol–water partition coefficient (Wildman–Crippen LogP) is 2.59. The first-order valence-electron chi connectivity index (χ1n) is 6.52. The van der Waals surface area contributed by atoms with E-state index in [1.165, 1.54) is 29.1 Å². The third-order valence-electron chi connectivity index (χ3n) is 2.94. The average molecular weight is 306 g/mol. The number of rotatable bonds is 6. The molecule has 0 spiro atoms. The Hall–Kier alpha value is -1.92. The third-order valence-corrected chi connectivity index (χ3v) is 3.81. The lowest BCUT2D eigenvalue weighted by molar-refractivity contribution is -0.167. The van der Waals surface area contributed by atoms with E-state index in [1.807, 2.05) is 36.6 Å². The van der Waals surface area contributed by atoms with Crippen LogP contribution >= 0.6 is 11.3 Å². The number of carbonyl (C=O) groups is 1. The van der Waals surface area contributed by atoms with Gasteiger partial charge in [-0.1, -0.05) is 17.7 Å². The number of carbonyl (C=O) groups excluding carboxylic acids is 1. The van der Waals surface area contributed by atoms with Crippen molar-refractivity contribution in [2.45, 2.75) is 20.0 Å². The minimum atomic E-state index is -0.131. The Morgan fingerprint density at radius 3 is 2.71 bits per heavy atom. The van der Waals surface area contributed by atoms with Gasteiger partial charge in [-0.2, -0.15) is 0 Å². The van der Waals surface area contributed by atoms with Crippen LogP contribution in [0, 0.1) is 6.92 Å². The second-order valence-corrected chi connectivity index (χ2v) is 5.53. The van der Waals surface area contributed by atoms with Gasteiger partial charge in [-0.15, -0.1) is 11.3 Å². The summed E-state index contributed by atoms with van der Waals surface area (Å²) in [4.78, 5) is 20.9. The zero-order valence-corrected chi connectivity index (χ0v) is 13.1. The highest BCUT2D eigenvalue weighted by molar-refractivity contribution is 7.09. The molecule has 0 aliphatic heterocycles. The van der Waals surface area contributed by atoms with Crippen LogP contribution in [0.2, 0.25) is 0 Å². The molecule has 0 atom stereocenters. The molecule has 0 fully saturated rings. The molecular weight excluding hydrogens is 288 g/mol. The van der Waals surface area contributed by atoms with Crippen molar-refractivity contribution in [2.75, 3.05) is 14.2 Å².